The van der Waals surface area contributed by atoms with Crippen molar-refractivity contribution in [3.63, 3.8) is 0 Å². The van der Waals surface area contributed by atoms with Crippen molar-refractivity contribution in [2.45, 2.75) is 6.04 Å². The molecule has 4 heteroatoms. The Hall–Kier alpha value is -1.13. The molecule has 0 bridgehead atoms. The SMILES string of the molecule is NC[C@H](N)c1ncccc1O. The maximum Gasteiger partial charge on any atom is 0.138 e. The summed E-state index contributed by atoms with van der Waals surface area (Å²) in [6.45, 7) is 0.282. The second-order valence-corrected chi connectivity index (χ2v) is 2.25. The Morgan fingerprint density at radius 3 is 2.91 bits per heavy atom. The van der Waals surface area contributed by atoms with Crippen molar-refractivity contribution in [2.75, 3.05) is 6.54 Å². The maximum absolute atomic E-state index is 9.21. The van der Waals surface area contributed by atoms with Crippen molar-refractivity contribution in [1.29, 1.82) is 0 Å². The molecule has 1 rings (SSSR count). The normalized spacial score (nSPS) is 12.9. The number of pyridine rings is 1. The van der Waals surface area contributed by atoms with E-state index >= 15 is 0 Å². The third kappa shape index (κ3) is 1.66. The van der Waals surface area contributed by atoms with Crippen molar-refractivity contribution in [3.8, 4) is 5.75 Å². The largest absolute Gasteiger partial charge is 0.506 e. The van der Waals surface area contributed by atoms with Crippen molar-refractivity contribution < 1.29 is 5.11 Å². The number of hydrogen-bond acceptors (Lipinski definition) is 4. The van der Waals surface area contributed by atoms with E-state index in [-0.39, 0.29) is 18.3 Å². The first-order chi connectivity index (χ1) is 5.25. The molecule has 0 saturated heterocycles. The molecule has 0 unspecified atom stereocenters. The van der Waals surface area contributed by atoms with Gasteiger partial charge in [0.05, 0.1) is 11.7 Å². The highest BCUT2D eigenvalue weighted by Gasteiger charge is 2.08. The van der Waals surface area contributed by atoms with Crippen LogP contribution in [0.4, 0.5) is 0 Å². The molecule has 0 aliphatic rings. The lowest BCUT2D eigenvalue weighted by Crippen LogP contribution is -2.21. The summed E-state index contributed by atoms with van der Waals surface area (Å²) in [5.41, 5.74) is 11.3. The van der Waals surface area contributed by atoms with Crippen LogP contribution in [-0.2, 0) is 0 Å². The van der Waals surface area contributed by atoms with Crippen LogP contribution in [0.25, 0.3) is 0 Å². The predicted molar refractivity (Wildman–Crippen MR) is 41.9 cm³/mol. The average Bonchev–Trinajstić information content (AvgIpc) is 2.04. The summed E-state index contributed by atoms with van der Waals surface area (Å²) >= 11 is 0. The summed E-state index contributed by atoms with van der Waals surface area (Å²) in [6.07, 6.45) is 1.57. The molecule has 0 fully saturated rings. The maximum atomic E-state index is 9.21. The summed E-state index contributed by atoms with van der Waals surface area (Å²) < 4.78 is 0. The zero-order valence-electron chi connectivity index (χ0n) is 6.07. The van der Waals surface area contributed by atoms with Crippen LogP contribution in [0.5, 0.6) is 5.75 Å². The van der Waals surface area contributed by atoms with Gasteiger partial charge in [0, 0.05) is 12.7 Å². The number of aromatic nitrogens is 1. The quantitative estimate of drug-likeness (QED) is 0.546. The summed E-state index contributed by atoms with van der Waals surface area (Å²) in [7, 11) is 0. The van der Waals surface area contributed by atoms with Crippen LogP contribution in [0.2, 0.25) is 0 Å². The minimum Gasteiger partial charge on any atom is -0.506 e. The fraction of sp³-hybridized carbons (Fsp3) is 0.286. The van der Waals surface area contributed by atoms with Gasteiger partial charge in [-0.3, -0.25) is 4.98 Å². The van der Waals surface area contributed by atoms with Crippen LogP contribution in [0.1, 0.15) is 11.7 Å². The summed E-state index contributed by atoms with van der Waals surface area (Å²) in [5, 5.41) is 9.21. The first-order valence-electron chi connectivity index (χ1n) is 3.35. The van der Waals surface area contributed by atoms with Crippen LogP contribution in [0.3, 0.4) is 0 Å². The van der Waals surface area contributed by atoms with Gasteiger partial charge >= 0.3 is 0 Å². The van der Waals surface area contributed by atoms with E-state index in [1.165, 1.54) is 6.07 Å². The Bertz CT molecular complexity index is 239. The Labute approximate surface area is 64.9 Å². The van der Waals surface area contributed by atoms with Crippen molar-refractivity contribution >= 4 is 0 Å². The van der Waals surface area contributed by atoms with E-state index in [9.17, 15) is 5.11 Å². The van der Waals surface area contributed by atoms with Crippen molar-refractivity contribution in [3.05, 3.63) is 24.0 Å². The highest BCUT2D eigenvalue weighted by atomic mass is 16.3. The molecule has 1 heterocycles. The minimum atomic E-state index is -0.379. The second kappa shape index (κ2) is 3.32. The molecular formula is C7H11N3O. The third-order valence-electron chi connectivity index (χ3n) is 1.42. The fourth-order valence-corrected chi connectivity index (χ4v) is 0.806. The van der Waals surface area contributed by atoms with Gasteiger partial charge in [-0.1, -0.05) is 0 Å². The van der Waals surface area contributed by atoms with E-state index in [0.29, 0.717) is 5.69 Å². The lowest BCUT2D eigenvalue weighted by Gasteiger charge is -2.08. The number of hydrogen-bond donors (Lipinski definition) is 3. The summed E-state index contributed by atoms with van der Waals surface area (Å²) in [6, 6.07) is 2.80. The molecular weight excluding hydrogens is 142 g/mol. The smallest absolute Gasteiger partial charge is 0.138 e. The molecule has 11 heavy (non-hydrogen) atoms. The predicted octanol–water partition coefficient (Wildman–Crippen LogP) is -0.254. The van der Waals surface area contributed by atoms with E-state index < -0.39 is 0 Å². The monoisotopic (exact) mass is 153 g/mol. The molecule has 0 spiro atoms. The molecule has 0 aliphatic heterocycles. The molecule has 4 nitrogen and oxygen atoms in total. The minimum absolute atomic E-state index is 0.102. The highest BCUT2D eigenvalue weighted by Crippen LogP contribution is 2.17. The zero-order chi connectivity index (χ0) is 8.27. The Morgan fingerprint density at radius 2 is 2.36 bits per heavy atom. The molecule has 0 aromatic carbocycles. The lowest BCUT2D eigenvalue weighted by molar-refractivity contribution is 0.456. The molecule has 5 N–H and O–H groups in total. The molecule has 1 aromatic rings. The second-order valence-electron chi connectivity index (χ2n) is 2.25. The number of rotatable bonds is 2. The lowest BCUT2D eigenvalue weighted by atomic mass is 10.2. The van der Waals surface area contributed by atoms with Crippen molar-refractivity contribution in [1.82, 2.24) is 4.98 Å². The van der Waals surface area contributed by atoms with Crippen LogP contribution < -0.4 is 11.5 Å². The van der Waals surface area contributed by atoms with E-state index in [0.717, 1.165) is 0 Å². The van der Waals surface area contributed by atoms with Gasteiger partial charge in [0.15, 0.2) is 0 Å². The standard InChI is InChI=1S/C7H11N3O/c8-4-5(9)7-6(11)2-1-3-10-7/h1-3,5,11H,4,8-9H2/t5-/m0/s1. The summed E-state index contributed by atoms with van der Waals surface area (Å²) in [4.78, 5) is 3.89. The number of nitrogens with zero attached hydrogens (tertiary/aromatic N) is 1. The molecule has 1 atom stereocenters. The van der Waals surface area contributed by atoms with Gasteiger partial charge in [0.25, 0.3) is 0 Å². The summed E-state index contributed by atoms with van der Waals surface area (Å²) in [5.74, 6) is 0.102. The zero-order valence-corrected chi connectivity index (χ0v) is 6.07. The van der Waals surface area contributed by atoms with Crippen LogP contribution >= 0.6 is 0 Å². The number of aromatic hydroxyl groups is 1. The topological polar surface area (TPSA) is 85.2 Å². The van der Waals surface area contributed by atoms with E-state index in [1.54, 1.807) is 12.3 Å². The highest BCUT2D eigenvalue weighted by molar-refractivity contribution is 5.27. The molecule has 0 saturated carbocycles. The molecule has 0 amide bonds. The fourth-order valence-electron chi connectivity index (χ4n) is 0.806. The molecule has 60 valence electrons. The van der Waals surface area contributed by atoms with E-state index in [4.69, 9.17) is 11.5 Å². The van der Waals surface area contributed by atoms with Crippen molar-refractivity contribution in [2.24, 2.45) is 11.5 Å². The first kappa shape index (κ1) is 7.97. The molecule has 0 radical (unpaired) electrons. The number of nitrogens with two attached hydrogens (primary N) is 2. The average molecular weight is 153 g/mol. The van der Waals surface area contributed by atoms with Crippen LogP contribution in [0.15, 0.2) is 18.3 Å². The Balaban J connectivity index is 2.93. The van der Waals surface area contributed by atoms with E-state index in [2.05, 4.69) is 4.98 Å². The molecule has 1 aromatic heterocycles. The molecule has 0 aliphatic carbocycles. The third-order valence-corrected chi connectivity index (χ3v) is 1.42. The van der Waals surface area contributed by atoms with Gasteiger partial charge in [-0.25, -0.2) is 0 Å². The van der Waals surface area contributed by atoms with Gasteiger partial charge in [0.1, 0.15) is 5.75 Å². The van der Waals surface area contributed by atoms with Gasteiger partial charge in [-0.2, -0.15) is 0 Å². The van der Waals surface area contributed by atoms with Gasteiger partial charge in [0.2, 0.25) is 0 Å². The van der Waals surface area contributed by atoms with Crippen LogP contribution in [0, 0.1) is 0 Å². The Morgan fingerprint density at radius 1 is 1.64 bits per heavy atom. The van der Waals surface area contributed by atoms with Gasteiger partial charge in [-0.15, -0.1) is 0 Å². The first-order valence-corrected chi connectivity index (χ1v) is 3.35. The van der Waals surface area contributed by atoms with Gasteiger partial charge in [-0.05, 0) is 12.1 Å². The Kier molecular flexibility index (Phi) is 2.40. The van der Waals surface area contributed by atoms with Crippen LogP contribution in [-0.4, -0.2) is 16.6 Å². The van der Waals surface area contributed by atoms with Gasteiger partial charge < -0.3 is 16.6 Å². The van der Waals surface area contributed by atoms with E-state index in [1.807, 2.05) is 0 Å².